The third-order valence-corrected chi connectivity index (χ3v) is 3.63. The van der Waals surface area contributed by atoms with Crippen LogP contribution in [0, 0.1) is 0 Å². The lowest BCUT2D eigenvalue weighted by Crippen LogP contribution is -2.49. The molecule has 0 aromatic carbocycles. The van der Waals surface area contributed by atoms with Crippen LogP contribution in [0.1, 0.15) is 0 Å². The van der Waals surface area contributed by atoms with Gasteiger partial charge in [-0.1, -0.05) is 0 Å². The first-order valence-corrected chi connectivity index (χ1v) is 7.32. The highest BCUT2D eigenvalue weighted by molar-refractivity contribution is 7.80. The highest BCUT2D eigenvalue weighted by Crippen LogP contribution is 1.91. The molecule has 6 N–H and O–H groups in total. The van der Waals surface area contributed by atoms with Gasteiger partial charge in [-0.15, -0.1) is 0 Å². The number of hydrogen-bond acceptors (Lipinski definition) is 7. The minimum atomic E-state index is 0.0842. The molecule has 0 aromatic heterocycles. The minimum absolute atomic E-state index is 0.0842. The van der Waals surface area contributed by atoms with E-state index in [9.17, 15) is 0 Å². The average Bonchev–Trinajstić information content (AvgIpc) is 2.33. The Morgan fingerprint density at radius 3 is 1.88 bits per heavy atom. The van der Waals surface area contributed by atoms with Crippen LogP contribution in [0.15, 0.2) is 0 Å². The van der Waals surface area contributed by atoms with Gasteiger partial charge in [0.2, 0.25) is 0 Å². The van der Waals surface area contributed by atoms with Crippen molar-refractivity contribution >= 4 is 37.9 Å². The monoisotopic (exact) mass is 284 g/mol. The van der Waals surface area contributed by atoms with Crippen LogP contribution in [-0.4, -0.2) is 55.0 Å². The predicted octanol–water partition coefficient (Wildman–Crippen LogP) is -1.02. The highest BCUT2D eigenvalue weighted by Gasteiger charge is 2.10. The maximum absolute atomic E-state index is 5.77. The van der Waals surface area contributed by atoms with E-state index in [1.54, 1.807) is 0 Å². The van der Waals surface area contributed by atoms with Crippen molar-refractivity contribution in [3.63, 3.8) is 0 Å². The Labute approximate surface area is 115 Å². The molecular weight excluding hydrogens is 260 g/mol. The van der Waals surface area contributed by atoms with Crippen LogP contribution >= 0.6 is 37.9 Å². The Hall–Kier alpha value is 0.890. The molecule has 0 heterocycles. The summed E-state index contributed by atoms with van der Waals surface area (Å²) in [6.07, 6.45) is 0. The van der Waals surface area contributed by atoms with Gasteiger partial charge in [0, 0.05) is 55.0 Å². The molecule has 16 heavy (non-hydrogen) atoms. The Morgan fingerprint density at radius 2 is 1.44 bits per heavy atom. The van der Waals surface area contributed by atoms with Crippen molar-refractivity contribution in [1.82, 2.24) is 10.6 Å². The van der Waals surface area contributed by atoms with E-state index < -0.39 is 0 Å². The lowest BCUT2D eigenvalue weighted by atomic mass is 10.2. The van der Waals surface area contributed by atoms with Gasteiger partial charge in [0.15, 0.2) is 0 Å². The quantitative estimate of drug-likeness (QED) is 0.262. The zero-order valence-corrected chi connectivity index (χ0v) is 12.2. The summed E-state index contributed by atoms with van der Waals surface area (Å²) in [6, 6.07) is 0.634. The van der Waals surface area contributed by atoms with Crippen molar-refractivity contribution in [3.05, 3.63) is 0 Å². The Kier molecular flexibility index (Phi) is 11.6. The van der Waals surface area contributed by atoms with Crippen LogP contribution in [0.4, 0.5) is 0 Å². The first-order chi connectivity index (χ1) is 7.67. The van der Waals surface area contributed by atoms with E-state index in [4.69, 9.17) is 11.5 Å². The Balaban J connectivity index is 3.73. The molecule has 0 aliphatic heterocycles. The van der Waals surface area contributed by atoms with Crippen molar-refractivity contribution in [2.45, 2.75) is 18.1 Å². The first kappa shape index (κ1) is 16.9. The average molecular weight is 285 g/mol. The van der Waals surface area contributed by atoms with Crippen molar-refractivity contribution in [3.8, 4) is 0 Å². The summed E-state index contributed by atoms with van der Waals surface area (Å²) in [4.78, 5) is 0. The van der Waals surface area contributed by atoms with Gasteiger partial charge in [-0.25, -0.2) is 0 Å². The molecule has 0 bridgehead atoms. The lowest BCUT2D eigenvalue weighted by Gasteiger charge is -2.22. The summed E-state index contributed by atoms with van der Waals surface area (Å²) in [6.45, 7) is 2.18. The summed E-state index contributed by atoms with van der Waals surface area (Å²) in [5.41, 5.74) is 11.3. The first-order valence-electron chi connectivity index (χ1n) is 5.42. The fourth-order valence-electron chi connectivity index (χ4n) is 1.12. The predicted molar refractivity (Wildman–Crippen MR) is 82.2 cm³/mol. The largest absolute Gasteiger partial charge is 0.329 e. The molecule has 3 atom stereocenters. The molecule has 0 spiro atoms. The molecule has 98 valence electrons. The topological polar surface area (TPSA) is 76.1 Å². The van der Waals surface area contributed by atoms with Crippen molar-refractivity contribution < 1.29 is 0 Å². The molecule has 4 nitrogen and oxygen atoms in total. The van der Waals surface area contributed by atoms with Gasteiger partial charge in [0.05, 0.1) is 0 Å². The van der Waals surface area contributed by atoms with Crippen LogP contribution in [0.2, 0.25) is 0 Å². The molecule has 0 aliphatic carbocycles. The smallest absolute Gasteiger partial charge is 0.0281 e. The summed E-state index contributed by atoms with van der Waals surface area (Å²) in [7, 11) is 0. The molecule has 3 unspecified atom stereocenters. The Morgan fingerprint density at radius 1 is 0.875 bits per heavy atom. The van der Waals surface area contributed by atoms with Crippen LogP contribution in [-0.2, 0) is 0 Å². The molecule has 7 heteroatoms. The molecule has 0 aliphatic rings. The van der Waals surface area contributed by atoms with Crippen LogP contribution in [0.25, 0.3) is 0 Å². The minimum Gasteiger partial charge on any atom is -0.329 e. The number of nitrogens with one attached hydrogen (secondary N) is 2. The van der Waals surface area contributed by atoms with E-state index in [0.717, 1.165) is 24.6 Å². The number of hydrogen-bond donors (Lipinski definition) is 7. The Bertz CT molecular complexity index is 158. The van der Waals surface area contributed by atoms with Gasteiger partial charge in [-0.05, 0) is 0 Å². The van der Waals surface area contributed by atoms with E-state index in [1.807, 2.05) is 0 Å². The van der Waals surface area contributed by atoms with Gasteiger partial charge in [-0.3, -0.25) is 0 Å². The highest BCUT2D eigenvalue weighted by atomic mass is 32.1. The second-order valence-electron chi connectivity index (χ2n) is 3.75. The fourth-order valence-corrected chi connectivity index (χ4v) is 1.78. The normalized spacial score (nSPS) is 17.1. The summed E-state index contributed by atoms with van der Waals surface area (Å²) in [5.74, 6) is 2.18. The van der Waals surface area contributed by atoms with E-state index >= 15 is 0 Å². The summed E-state index contributed by atoms with van der Waals surface area (Å²) in [5, 5.41) is 6.68. The molecule has 0 aromatic rings. The van der Waals surface area contributed by atoms with E-state index in [2.05, 4.69) is 48.5 Å². The third kappa shape index (κ3) is 8.05. The zero-order valence-electron chi connectivity index (χ0n) is 9.47. The van der Waals surface area contributed by atoms with Crippen molar-refractivity contribution in [2.75, 3.05) is 36.9 Å². The standard InChI is InChI=1S/C9H24N4S3/c10-1-8(5-15)13-3-9(6-16)12-2-7(11)4-14/h7-9,12-16H,1-6,10-11H2. The van der Waals surface area contributed by atoms with Crippen LogP contribution < -0.4 is 22.1 Å². The number of thiol groups is 3. The van der Waals surface area contributed by atoms with Gasteiger partial charge >= 0.3 is 0 Å². The zero-order chi connectivity index (χ0) is 12.4. The molecule has 0 radical (unpaired) electrons. The SMILES string of the molecule is NCC(CS)NCC(CS)NCC(N)CS. The van der Waals surface area contributed by atoms with Crippen LogP contribution in [0.3, 0.4) is 0 Å². The molecule has 0 rings (SSSR count). The molecule has 0 saturated carbocycles. The van der Waals surface area contributed by atoms with Gasteiger partial charge in [-0.2, -0.15) is 37.9 Å². The lowest BCUT2D eigenvalue weighted by molar-refractivity contribution is 0.462. The van der Waals surface area contributed by atoms with E-state index in [-0.39, 0.29) is 12.1 Å². The number of rotatable bonds is 10. The summed E-state index contributed by atoms with van der Waals surface area (Å²) >= 11 is 12.6. The van der Waals surface area contributed by atoms with Gasteiger partial charge in [0.1, 0.15) is 0 Å². The maximum Gasteiger partial charge on any atom is 0.0281 e. The van der Waals surface area contributed by atoms with E-state index in [0.29, 0.717) is 18.3 Å². The molecular formula is C9H24N4S3. The van der Waals surface area contributed by atoms with Gasteiger partial charge in [0.25, 0.3) is 0 Å². The molecule has 0 amide bonds. The molecule has 0 fully saturated rings. The second kappa shape index (κ2) is 11.0. The van der Waals surface area contributed by atoms with Crippen molar-refractivity contribution in [2.24, 2.45) is 11.5 Å². The fraction of sp³-hybridized carbons (Fsp3) is 1.00. The third-order valence-electron chi connectivity index (χ3n) is 2.28. The van der Waals surface area contributed by atoms with E-state index in [1.165, 1.54) is 0 Å². The van der Waals surface area contributed by atoms with Crippen molar-refractivity contribution in [1.29, 1.82) is 0 Å². The maximum atomic E-state index is 5.77. The second-order valence-corrected chi connectivity index (χ2v) is 4.85. The number of nitrogens with two attached hydrogens (primary N) is 2. The van der Waals surface area contributed by atoms with Crippen LogP contribution in [0.5, 0.6) is 0 Å². The summed E-state index contributed by atoms with van der Waals surface area (Å²) < 4.78 is 0. The van der Waals surface area contributed by atoms with Gasteiger partial charge < -0.3 is 22.1 Å². The molecule has 0 saturated heterocycles.